The highest BCUT2D eigenvalue weighted by Crippen LogP contribution is 2.51. The standard InChI is InChI=1S/C34H34O3/c1-25-13-17-29(18-14-25)33(31-23-35-31,21-27-9-5-3-6-10-27)37-34(32-24-36-32,22-28-11-7-4-8-12-28)30-19-15-26(2)16-20-30/h3-20,31-32H,21-24H2,1-2H3. The van der Waals surface area contributed by atoms with Gasteiger partial charge in [-0.1, -0.05) is 120 Å². The minimum absolute atomic E-state index is 0.0326. The maximum atomic E-state index is 7.68. The van der Waals surface area contributed by atoms with E-state index in [1.54, 1.807) is 0 Å². The van der Waals surface area contributed by atoms with Crippen LogP contribution in [0.1, 0.15) is 33.4 Å². The molecule has 0 bridgehead atoms. The van der Waals surface area contributed by atoms with E-state index in [0.29, 0.717) is 13.2 Å². The molecule has 4 aromatic rings. The molecule has 2 fully saturated rings. The summed E-state index contributed by atoms with van der Waals surface area (Å²) in [4.78, 5) is 0. The lowest BCUT2D eigenvalue weighted by Gasteiger charge is -2.44. The van der Waals surface area contributed by atoms with E-state index in [9.17, 15) is 0 Å². The van der Waals surface area contributed by atoms with Crippen molar-refractivity contribution < 1.29 is 14.2 Å². The summed E-state index contributed by atoms with van der Waals surface area (Å²) in [6.45, 7) is 5.62. The molecule has 6 rings (SSSR count). The summed E-state index contributed by atoms with van der Waals surface area (Å²) < 4.78 is 19.9. The number of rotatable bonds is 10. The maximum Gasteiger partial charge on any atom is 0.127 e. The fraction of sp³-hybridized carbons (Fsp3) is 0.294. The lowest BCUT2D eigenvalue weighted by molar-refractivity contribution is -0.189. The van der Waals surface area contributed by atoms with Gasteiger partial charge in [-0.3, -0.25) is 0 Å². The van der Waals surface area contributed by atoms with Crippen LogP contribution in [0.25, 0.3) is 0 Å². The van der Waals surface area contributed by atoms with Crippen LogP contribution < -0.4 is 0 Å². The average Bonchev–Trinajstić information content (AvgIpc) is 3.83. The van der Waals surface area contributed by atoms with Gasteiger partial charge in [0.25, 0.3) is 0 Å². The molecule has 2 aliphatic heterocycles. The van der Waals surface area contributed by atoms with Crippen molar-refractivity contribution in [2.24, 2.45) is 0 Å². The monoisotopic (exact) mass is 490 g/mol. The first-order valence-electron chi connectivity index (χ1n) is 13.2. The zero-order valence-electron chi connectivity index (χ0n) is 21.6. The molecule has 4 aromatic carbocycles. The molecule has 0 saturated carbocycles. The van der Waals surface area contributed by atoms with Gasteiger partial charge in [-0.25, -0.2) is 0 Å². The topological polar surface area (TPSA) is 34.3 Å². The molecule has 37 heavy (non-hydrogen) atoms. The van der Waals surface area contributed by atoms with Crippen molar-refractivity contribution in [1.82, 2.24) is 0 Å². The molecule has 0 spiro atoms. The van der Waals surface area contributed by atoms with Crippen molar-refractivity contribution in [3.63, 3.8) is 0 Å². The molecular weight excluding hydrogens is 456 g/mol. The Kier molecular flexibility index (Phi) is 6.46. The Balaban J connectivity index is 1.53. The lowest BCUT2D eigenvalue weighted by atomic mass is 9.79. The Morgan fingerprint density at radius 2 is 0.919 bits per heavy atom. The molecule has 0 aromatic heterocycles. The predicted octanol–water partition coefficient (Wildman–Crippen LogP) is 6.69. The molecular formula is C34H34O3. The molecule has 3 heteroatoms. The average molecular weight is 491 g/mol. The lowest BCUT2D eigenvalue weighted by Crippen LogP contribution is -2.50. The van der Waals surface area contributed by atoms with E-state index in [4.69, 9.17) is 14.2 Å². The number of hydrogen-bond acceptors (Lipinski definition) is 3. The van der Waals surface area contributed by atoms with E-state index >= 15 is 0 Å². The van der Waals surface area contributed by atoms with Crippen molar-refractivity contribution in [2.45, 2.75) is 50.1 Å². The SMILES string of the molecule is Cc1ccc(C(Cc2ccccc2)(OC(Cc2ccccc2)(c2ccc(C)cc2)C2CO2)C2CO2)cc1. The second-order valence-corrected chi connectivity index (χ2v) is 10.6. The van der Waals surface area contributed by atoms with Crippen LogP contribution in [0.3, 0.4) is 0 Å². The number of hydrogen-bond donors (Lipinski definition) is 0. The fourth-order valence-corrected chi connectivity index (χ4v) is 5.55. The van der Waals surface area contributed by atoms with E-state index < -0.39 is 11.2 Å². The van der Waals surface area contributed by atoms with Crippen molar-refractivity contribution >= 4 is 0 Å². The van der Waals surface area contributed by atoms with Gasteiger partial charge < -0.3 is 14.2 Å². The summed E-state index contributed by atoms with van der Waals surface area (Å²) in [6, 6.07) is 38.9. The molecule has 4 unspecified atom stereocenters. The molecule has 0 amide bonds. The highest BCUT2D eigenvalue weighted by Gasteiger charge is 2.59. The van der Waals surface area contributed by atoms with Gasteiger partial charge in [0.2, 0.25) is 0 Å². The third-order valence-electron chi connectivity index (χ3n) is 7.77. The summed E-state index contributed by atoms with van der Waals surface area (Å²) >= 11 is 0. The molecule has 3 nitrogen and oxygen atoms in total. The minimum atomic E-state index is -0.666. The van der Waals surface area contributed by atoms with E-state index in [1.165, 1.54) is 22.3 Å². The Morgan fingerprint density at radius 3 is 1.24 bits per heavy atom. The number of benzene rings is 4. The maximum absolute atomic E-state index is 7.68. The second kappa shape index (κ2) is 9.90. The van der Waals surface area contributed by atoms with Crippen molar-refractivity contribution in [3.8, 4) is 0 Å². The Labute approximate surface area is 220 Å². The van der Waals surface area contributed by atoms with Gasteiger partial charge in [-0.05, 0) is 36.1 Å². The molecule has 0 aliphatic carbocycles. The zero-order valence-corrected chi connectivity index (χ0v) is 21.6. The Hall–Kier alpha value is -3.24. The molecule has 2 heterocycles. The van der Waals surface area contributed by atoms with Gasteiger partial charge in [-0.2, -0.15) is 0 Å². The van der Waals surface area contributed by atoms with E-state index in [1.807, 2.05) is 0 Å². The second-order valence-electron chi connectivity index (χ2n) is 10.6. The van der Waals surface area contributed by atoms with Crippen molar-refractivity contribution in [3.05, 3.63) is 143 Å². The number of ether oxygens (including phenoxy) is 3. The predicted molar refractivity (Wildman–Crippen MR) is 147 cm³/mol. The molecule has 2 saturated heterocycles. The summed E-state index contributed by atoms with van der Waals surface area (Å²) in [6.07, 6.45) is 1.37. The molecule has 2 aliphatic rings. The van der Waals surface area contributed by atoms with Crippen LogP contribution in [0.4, 0.5) is 0 Å². The van der Waals surface area contributed by atoms with Gasteiger partial charge in [0.15, 0.2) is 0 Å². The van der Waals surface area contributed by atoms with E-state index in [2.05, 4.69) is 123 Å². The first kappa shape index (κ1) is 24.1. The smallest absolute Gasteiger partial charge is 0.127 e. The molecule has 4 atom stereocenters. The molecule has 0 radical (unpaired) electrons. The van der Waals surface area contributed by atoms with Crippen molar-refractivity contribution in [1.29, 1.82) is 0 Å². The van der Waals surface area contributed by atoms with E-state index in [-0.39, 0.29) is 12.2 Å². The highest BCUT2D eigenvalue weighted by molar-refractivity contribution is 5.37. The summed E-state index contributed by atoms with van der Waals surface area (Å²) in [5.41, 5.74) is 5.88. The third-order valence-corrected chi connectivity index (χ3v) is 7.77. The van der Waals surface area contributed by atoms with Crippen LogP contribution in [0.5, 0.6) is 0 Å². The Morgan fingerprint density at radius 1 is 0.568 bits per heavy atom. The molecule has 0 N–H and O–H groups in total. The van der Waals surface area contributed by atoms with Crippen LogP contribution in [0.15, 0.2) is 109 Å². The number of epoxide rings is 2. The Bertz CT molecular complexity index is 1200. The van der Waals surface area contributed by atoms with Crippen molar-refractivity contribution in [2.75, 3.05) is 13.2 Å². The van der Waals surface area contributed by atoms with Crippen LogP contribution in [-0.2, 0) is 38.3 Å². The number of aryl methyl sites for hydroxylation is 2. The van der Waals surface area contributed by atoms with Crippen LogP contribution in [0.2, 0.25) is 0 Å². The van der Waals surface area contributed by atoms with Gasteiger partial charge in [0.05, 0.1) is 13.2 Å². The molecule has 188 valence electrons. The van der Waals surface area contributed by atoms with Crippen LogP contribution in [0, 0.1) is 13.8 Å². The summed E-state index contributed by atoms with van der Waals surface area (Å²) in [5, 5.41) is 0. The quantitative estimate of drug-likeness (QED) is 0.232. The van der Waals surface area contributed by atoms with Gasteiger partial charge >= 0.3 is 0 Å². The van der Waals surface area contributed by atoms with E-state index in [0.717, 1.165) is 24.0 Å². The minimum Gasteiger partial charge on any atom is -0.370 e. The largest absolute Gasteiger partial charge is 0.370 e. The highest BCUT2D eigenvalue weighted by atomic mass is 16.6. The van der Waals surface area contributed by atoms with Crippen LogP contribution in [-0.4, -0.2) is 25.4 Å². The summed E-state index contributed by atoms with van der Waals surface area (Å²) in [5.74, 6) is 0. The fourth-order valence-electron chi connectivity index (χ4n) is 5.55. The first-order valence-corrected chi connectivity index (χ1v) is 13.2. The van der Waals surface area contributed by atoms with Crippen LogP contribution >= 0.6 is 0 Å². The first-order chi connectivity index (χ1) is 18.1. The zero-order chi connectivity index (χ0) is 25.3. The normalized spacial score (nSPS) is 21.6. The van der Waals surface area contributed by atoms with Gasteiger partial charge in [0.1, 0.15) is 23.4 Å². The summed E-state index contributed by atoms with van der Waals surface area (Å²) in [7, 11) is 0. The van der Waals surface area contributed by atoms with Gasteiger partial charge in [0, 0.05) is 12.8 Å². The third kappa shape index (κ3) is 5.00. The van der Waals surface area contributed by atoms with Gasteiger partial charge in [-0.15, -0.1) is 0 Å².